The summed E-state index contributed by atoms with van der Waals surface area (Å²) in [5, 5.41) is 18.2. The molecule has 0 radical (unpaired) electrons. The second-order valence-corrected chi connectivity index (χ2v) is 5.20. The molecule has 2 unspecified atom stereocenters. The molecule has 1 fully saturated rings. The summed E-state index contributed by atoms with van der Waals surface area (Å²) < 4.78 is 3.41. The van der Waals surface area contributed by atoms with Crippen LogP contribution >= 0.6 is 0 Å². The van der Waals surface area contributed by atoms with Crippen LogP contribution in [0.5, 0.6) is 0 Å². The van der Waals surface area contributed by atoms with E-state index in [0.29, 0.717) is 13.1 Å². The molecule has 10 nitrogen and oxygen atoms in total. The summed E-state index contributed by atoms with van der Waals surface area (Å²) in [4.78, 5) is 12.4. The van der Waals surface area contributed by atoms with Crippen molar-refractivity contribution in [2.45, 2.75) is 32.6 Å². The molecule has 0 aromatic carbocycles. The maximum atomic E-state index is 12.4. The first-order chi connectivity index (χ1) is 10.8. The van der Waals surface area contributed by atoms with E-state index < -0.39 is 0 Å². The summed E-state index contributed by atoms with van der Waals surface area (Å²) in [5.74, 6) is -0.338. The Hall–Kier alpha value is -2.33. The van der Waals surface area contributed by atoms with Crippen molar-refractivity contribution < 1.29 is 4.79 Å². The number of carbonyl (C=O) groups excluding carboxylic acids is 1. The van der Waals surface area contributed by atoms with Gasteiger partial charge in [-0.2, -0.15) is 5.10 Å². The Labute approximate surface area is 127 Å². The van der Waals surface area contributed by atoms with Gasteiger partial charge in [0.05, 0.1) is 12.1 Å². The molecule has 1 amide bonds. The van der Waals surface area contributed by atoms with E-state index in [9.17, 15) is 4.79 Å². The van der Waals surface area contributed by atoms with Crippen LogP contribution in [0.4, 0.5) is 0 Å². The molecule has 1 aliphatic rings. The lowest BCUT2D eigenvalue weighted by Gasteiger charge is -2.16. The molecule has 3 N–H and O–H groups in total. The summed E-state index contributed by atoms with van der Waals surface area (Å²) in [6.07, 6.45) is 5.95. The Bertz CT molecular complexity index is 608. The van der Waals surface area contributed by atoms with Gasteiger partial charge in [-0.3, -0.25) is 14.9 Å². The topological polar surface area (TPSA) is 115 Å². The van der Waals surface area contributed by atoms with Crippen LogP contribution in [0.2, 0.25) is 0 Å². The number of carbonyl (C=O) groups is 1. The van der Waals surface area contributed by atoms with Gasteiger partial charge in [0.1, 0.15) is 12.5 Å². The summed E-state index contributed by atoms with van der Waals surface area (Å²) in [5.41, 5.74) is 6.95. The van der Waals surface area contributed by atoms with Gasteiger partial charge in [0, 0.05) is 31.4 Å². The van der Waals surface area contributed by atoms with Crippen molar-refractivity contribution in [1.29, 1.82) is 0 Å². The predicted octanol–water partition coefficient (Wildman–Crippen LogP) is -1.18. The number of aromatic nitrogens is 6. The lowest BCUT2D eigenvalue weighted by Crippen LogP contribution is -2.37. The zero-order chi connectivity index (χ0) is 15.4. The molecule has 0 saturated carbocycles. The average molecular weight is 305 g/mol. The van der Waals surface area contributed by atoms with Gasteiger partial charge in [0.15, 0.2) is 0 Å². The quantitative estimate of drug-likeness (QED) is 0.615. The number of nitrogens with one attached hydrogen (secondary N) is 3. The van der Waals surface area contributed by atoms with Gasteiger partial charge >= 0.3 is 0 Å². The standard InChI is InChI=1S/C12H19N9O/c1-2-3-20-7-9(5-16-20)4-13-12(22)10-6-14-17-11(10)21-8-15-18-19-21/h5,7-8,10-11,14,17H,2-4,6H2,1H3,(H,13,22). The van der Waals surface area contributed by atoms with Crippen LogP contribution in [0.3, 0.4) is 0 Å². The van der Waals surface area contributed by atoms with E-state index in [0.717, 1.165) is 18.5 Å². The first-order valence-corrected chi connectivity index (χ1v) is 7.28. The fourth-order valence-corrected chi connectivity index (χ4v) is 2.44. The van der Waals surface area contributed by atoms with Gasteiger partial charge < -0.3 is 5.32 Å². The Kier molecular flexibility index (Phi) is 4.39. The van der Waals surface area contributed by atoms with Crippen molar-refractivity contribution in [3.05, 3.63) is 24.3 Å². The maximum Gasteiger partial charge on any atom is 0.228 e. The monoisotopic (exact) mass is 305 g/mol. The van der Waals surface area contributed by atoms with Crippen LogP contribution < -0.4 is 16.2 Å². The molecule has 10 heteroatoms. The number of rotatable bonds is 6. The molecule has 0 spiro atoms. The molecule has 2 atom stereocenters. The van der Waals surface area contributed by atoms with E-state index in [1.54, 1.807) is 6.20 Å². The average Bonchev–Trinajstić information content (AvgIpc) is 3.25. The van der Waals surface area contributed by atoms with E-state index in [2.05, 4.69) is 43.7 Å². The number of aryl methyl sites for hydroxylation is 1. The number of tetrazole rings is 1. The number of hydrazine groups is 1. The van der Waals surface area contributed by atoms with Gasteiger partial charge in [0.2, 0.25) is 5.91 Å². The van der Waals surface area contributed by atoms with Gasteiger partial charge in [-0.15, -0.1) is 5.10 Å². The third-order valence-electron chi connectivity index (χ3n) is 3.55. The van der Waals surface area contributed by atoms with Crippen molar-refractivity contribution >= 4 is 5.91 Å². The lowest BCUT2D eigenvalue weighted by molar-refractivity contribution is -0.125. The first kappa shape index (κ1) is 14.6. The van der Waals surface area contributed by atoms with Gasteiger partial charge in [-0.05, 0) is 16.8 Å². The van der Waals surface area contributed by atoms with E-state index in [1.165, 1.54) is 11.0 Å². The minimum absolute atomic E-state index is 0.0544. The second-order valence-electron chi connectivity index (χ2n) is 5.20. The molecular weight excluding hydrogens is 286 g/mol. The summed E-state index contributed by atoms with van der Waals surface area (Å²) in [6, 6.07) is 0. The molecule has 1 aliphatic heterocycles. The van der Waals surface area contributed by atoms with Crippen LogP contribution in [0.15, 0.2) is 18.7 Å². The molecule has 22 heavy (non-hydrogen) atoms. The Morgan fingerprint density at radius 2 is 2.45 bits per heavy atom. The van der Waals surface area contributed by atoms with Crippen molar-refractivity contribution in [3.63, 3.8) is 0 Å². The van der Waals surface area contributed by atoms with Crippen LogP contribution in [0.25, 0.3) is 0 Å². The summed E-state index contributed by atoms with van der Waals surface area (Å²) in [6.45, 7) is 3.96. The largest absolute Gasteiger partial charge is 0.352 e. The second kappa shape index (κ2) is 6.62. The number of nitrogens with zero attached hydrogens (tertiary/aromatic N) is 6. The third-order valence-corrected chi connectivity index (χ3v) is 3.55. The Balaban J connectivity index is 1.56. The lowest BCUT2D eigenvalue weighted by atomic mass is 10.1. The summed E-state index contributed by atoms with van der Waals surface area (Å²) >= 11 is 0. The zero-order valence-electron chi connectivity index (χ0n) is 12.3. The molecule has 3 heterocycles. The van der Waals surface area contributed by atoms with Crippen molar-refractivity contribution in [2.24, 2.45) is 5.92 Å². The minimum Gasteiger partial charge on any atom is -0.352 e. The van der Waals surface area contributed by atoms with E-state index in [1.807, 2.05) is 10.9 Å². The Morgan fingerprint density at radius 3 is 3.23 bits per heavy atom. The number of hydrogen-bond acceptors (Lipinski definition) is 7. The highest BCUT2D eigenvalue weighted by Gasteiger charge is 2.34. The zero-order valence-corrected chi connectivity index (χ0v) is 12.3. The molecule has 0 aliphatic carbocycles. The fourth-order valence-electron chi connectivity index (χ4n) is 2.44. The molecule has 3 rings (SSSR count). The number of amides is 1. The smallest absolute Gasteiger partial charge is 0.228 e. The van der Waals surface area contributed by atoms with Crippen molar-refractivity contribution in [2.75, 3.05) is 6.54 Å². The van der Waals surface area contributed by atoms with E-state index in [4.69, 9.17) is 0 Å². The molecule has 0 bridgehead atoms. The van der Waals surface area contributed by atoms with Crippen LogP contribution in [0, 0.1) is 5.92 Å². The highest BCUT2D eigenvalue weighted by molar-refractivity contribution is 5.79. The number of hydrogen-bond donors (Lipinski definition) is 3. The SMILES string of the molecule is CCCn1cc(CNC(=O)C2CNNC2n2cnnn2)cn1. The van der Waals surface area contributed by atoms with Crippen molar-refractivity contribution in [1.82, 2.24) is 46.2 Å². The van der Waals surface area contributed by atoms with Gasteiger partial charge in [-0.25, -0.2) is 10.1 Å². The van der Waals surface area contributed by atoms with Crippen molar-refractivity contribution in [3.8, 4) is 0 Å². The van der Waals surface area contributed by atoms with Gasteiger partial charge in [0.25, 0.3) is 0 Å². The summed E-state index contributed by atoms with van der Waals surface area (Å²) in [7, 11) is 0. The highest BCUT2D eigenvalue weighted by Crippen LogP contribution is 2.17. The van der Waals surface area contributed by atoms with Crippen LogP contribution in [0.1, 0.15) is 25.1 Å². The molecule has 2 aromatic heterocycles. The molecule has 118 valence electrons. The predicted molar refractivity (Wildman–Crippen MR) is 75.8 cm³/mol. The van der Waals surface area contributed by atoms with Crippen LogP contribution in [-0.2, 0) is 17.9 Å². The minimum atomic E-state index is -0.294. The third kappa shape index (κ3) is 3.12. The molecular formula is C12H19N9O. The molecule has 1 saturated heterocycles. The normalized spacial score (nSPS) is 21.1. The fraction of sp³-hybridized carbons (Fsp3) is 0.583. The van der Waals surface area contributed by atoms with E-state index >= 15 is 0 Å². The van der Waals surface area contributed by atoms with E-state index in [-0.39, 0.29) is 18.0 Å². The maximum absolute atomic E-state index is 12.4. The van der Waals surface area contributed by atoms with Crippen LogP contribution in [-0.4, -0.2) is 42.4 Å². The first-order valence-electron chi connectivity index (χ1n) is 7.28. The molecule has 2 aromatic rings. The van der Waals surface area contributed by atoms with Gasteiger partial charge in [-0.1, -0.05) is 6.92 Å². The highest BCUT2D eigenvalue weighted by atomic mass is 16.2. The Morgan fingerprint density at radius 1 is 1.55 bits per heavy atom.